The van der Waals surface area contributed by atoms with Crippen molar-refractivity contribution >= 4 is 39.2 Å². The summed E-state index contributed by atoms with van der Waals surface area (Å²) in [7, 11) is 0. The van der Waals surface area contributed by atoms with Crippen LogP contribution in [0.25, 0.3) is 27.7 Å². The van der Waals surface area contributed by atoms with Gasteiger partial charge < -0.3 is 9.73 Å². The molecule has 0 aliphatic rings. The molecule has 27 heavy (non-hydrogen) atoms. The monoisotopic (exact) mass is 375 g/mol. The van der Waals surface area contributed by atoms with Crippen LogP contribution in [0.3, 0.4) is 0 Å². The van der Waals surface area contributed by atoms with E-state index in [0.717, 1.165) is 32.2 Å². The van der Waals surface area contributed by atoms with Crippen LogP contribution in [-0.2, 0) is 4.79 Å². The molecule has 0 atom stereocenters. The van der Waals surface area contributed by atoms with E-state index in [-0.39, 0.29) is 5.91 Å². The first kappa shape index (κ1) is 17.2. The van der Waals surface area contributed by atoms with Crippen LogP contribution in [0.4, 0.5) is 5.69 Å². The van der Waals surface area contributed by atoms with Gasteiger partial charge in [-0.3, -0.25) is 4.79 Å². The fourth-order valence-corrected chi connectivity index (χ4v) is 3.49. The first-order valence-electron chi connectivity index (χ1n) is 8.47. The van der Waals surface area contributed by atoms with Gasteiger partial charge in [-0.2, -0.15) is 0 Å². The number of para-hydroxylation sites is 1. The van der Waals surface area contributed by atoms with Gasteiger partial charge in [-0.1, -0.05) is 18.2 Å². The lowest BCUT2D eigenvalue weighted by atomic mass is 10.2. The van der Waals surface area contributed by atoms with E-state index in [1.165, 1.54) is 6.08 Å². The van der Waals surface area contributed by atoms with Gasteiger partial charge in [-0.05, 0) is 50.3 Å². The largest absolute Gasteiger partial charge is 0.441 e. The molecule has 2 heterocycles. The summed E-state index contributed by atoms with van der Waals surface area (Å²) in [6.45, 7) is 3.78. The lowest BCUT2D eigenvalue weighted by Gasteiger charge is -2.03. The van der Waals surface area contributed by atoms with Gasteiger partial charge in [0.05, 0.1) is 15.9 Å². The summed E-state index contributed by atoms with van der Waals surface area (Å²) in [6, 6.07) is 15.3. The highest BCUT2D eigenvalue weighted by Gasteiger charge is 2.09. The van der Waals surface area contributed by atoms with Crippen molar-refractivity contribution in [2.45, 2.75) is 13.8 Å². The summed E-state index contributed by atoms with van der Waals surface area (Å²) >= 11 is 1.55. The van der Waals surface area contributed by atoms with Crippen LogP contribution in [0.1, 0.15) is 16.5 Å². The summed E-state index contributed by atoms with van der Waals surface area (Å²) < 4.78 is 6.75. The predicted octanol–water partition coefficient (Wildman–Crippen LogP) is 5.22. The number of aryl methyl sites for hydroxylation is 2. The van der Waals surface area contributed by atoms with Crippen LogP contribution < -0.4 is 5.32 Å². The number of nitrogens with zero attached hydrogens (tertiary/aromatic N) is 2. The zero-order valence-electron chi connectivity index (χ0n) is 14.9. The quantitative estimate of drug-likeness (QED) is 0.497. The normalized spacial score (nSPS) is 11.3. The van der Waals surface area contributed by atoms with Gasteiger partial charge in [0.25, 0.3) is 0 Å². The van der Waals surface area contributed by atoms with Crippen LogP contribution in [-0.4, -0.2) is 15.9 Å². The molecule has 2 aromatic heterocycles. The van der Waals surface area contributed by atoms with Gasteiger partial charge in [0.15, 0.2) is 0 Å². The van der Waals surface area contributed by atoms with Crippen LogP contribution in [0.2, 0.25) is 0 Å². The average Bonchev–Trinajstić information content (AvgIpc) is 3.23. The number of oxazole rings is 1. The predicted molar refractivity (Wildman–Crippen MR) is 109 cm³/mol. The number of benzene rings is 2. The number of fused-ring (bicyclic) bond motifs is 1. The lowest BCUT2D eigenvalue weighted by molar-refractivity contribution is -0.111. The van der Waals surface area contributed by atoms with E-state index in [9.17, 15) is 4.79 Å². The summed E-state index contributed by atoms with van der Waals surface area (Å²) in [4.78, 5) is 21.1. The number of rotatable bonds is 4. The van der Waals surface area contributed by atoms with Gasteiger partial charge in [0.2, 0.25) is 11.8 Å². The molecule has 1 amide bonds. The maximum atomic E-state index is 12.2. The summed E-state index contributed by atoms with van der Waals surface area (Å²) in [5.41, 5.74) is 3.30. The van der Waals surface area contributed by atoms with Crippen molar-refractivity contribution in [3.8, 4) is 11.5 Å². The number of thiazole rings is 1. The van der Waals surface area contributed by atoms with Crippen molar-refractivity contribution in [3.63, 3.8) is 0 Å². The Morgan fingerprint density at radius 1 is 1.11 bits per heavy atom. The van der Waals surface area contributed by atoms with E-state index < -0.39 is 0 Å². The molecule has 5 nitrogen and oxygen atoms in total. The number of nitrogens with one attached hydrogen (secondary N) is 1. The SMILES string of the molecule is Cc1nc(-c2cccc(NC(=O)/C=C/c3nc4ccccc4s3)c2)oc1C. The van der Waals surface area contributed by atoms with E-state index in [0.29, 0.717) is 11.6 Å². The number of amides is 1. The van der Waals surface area contributed by atoms with Crippen LogP contribution >= 0.6 is 11.3 Å². The maximum Gasteiger partial charge on any atom is 0.248 e. The highest BCUT2D eigenvalue weighted by molar-refractivity contribution is 7.19. The number of anilines is 1. The lowest BCUT2D eigenvalue weighted by Crippen LogP contribution is -2.07. The number of aromatic nitrogens is 2. The fourth-order valence-electron chi connectivity index (χ4n) is 2.62. The Morgan fingerprint density at radius 2 is 1.96 bits per heavy atom. The molecule has 4 rings (SSSR count). The van der Waals surface area contributed by atoms with Gasteiger partial charge in [0, 0.05) is 17.3 Å². The van der Waals surface area contributed by atoms with Crippen molar-refractivity contribution in [2.75, 3.05) is 5.32 Å². The first-order chi connectivity index (χ1) is 13.1. The molecule has 0 unspecified atom stereocenters. The molecule has 6 heteroatoms. The summed E-state index contributed by atoms with van der Waals surface area (Å²) in [5.74, 6) is 1.12. The minimum Gasteiger partial charge on any atom is -0.441 e. The zero-order valence-corrected chi connectivity index (χ0v) is 15.7. The van der Waals surface area contributed by atoms with Gasteiger partial charge in [0.1, 0.15) is 10.8 Å². The average molecular weight is 375 g/mol. The van der Waals surface area contributed by atoms with E-state index in [4.69, 9.17) is 4.42 Å². The third-order valence-electron chi connectivity index (χ3n) is 4.09. The fraction of sp³-hybridized carbons (Fsp3) is 0.0952. The Morgan fingerprint density at radius 3 is 2.74 bits per heavy atom. The minimum absolute atomic E-state index is 0.217. The Hall–Kier alpha value is -3.25. The van der Waals surface area contributed by atoms with Crippen LogP contribution in [0, 0.1) is 13.8 Å². The van der Waals surface area contributed by atoms with E-state index in [1.807, 2.05) is 62.4 Å². The van der Waals surface area contributed by atoms with Gasteiger partial charge in [-0.25, -0.2) is 9.97 Å². The zero-order chi connectivity index (χ0) is 18.8. The standard InChI is InChI=1S/C21H17N3O2S/c1-13-14(2)26-21(22-13)15-6-5-7-16(12-15)23-19(25)10-11-20-24-17-8-3-4-9-18(17)27-20/h3-12H,1-2H3,(H,23,25)/b11-10+. The van der Waals surface area contributed by atoms with E-state index in [2.05, 4.69) is 15.3 Å². The van der Waals surface area contributed by atoms with E-state index >= 15 is 0 Å². The number of hydrogen-bond donors (Lipinski definition) is 1. The van der Waals surface area contributed by atoms with Crippen LogP contribution in [0.5, 0.6) is 0 Å². The molecule has 1 N–H and O–H groups in total. The van der Waals surface area contributed by atoms with Crippen LogP contribution in [0.15, 0.2) is 59.0 Å². The van der Waals surface area contributed by atoms with Gasteiger partial charge >= 0.3 is 0 Å². The second kappa shape index (κ2) is 7.17. The summed E-state index contributed by atoms with van der Waals surface area (Å²) in [6.07, 6.45) is 3.22. The van der Waals surface area contributed by atoms with Crippen molar-refractivity contribution in [2.24, 2.45) is 0 Å². The molecule has 2 aromatic carbocycles. The molecule has 0 aliphatic heterocycles. The topological polar surface area (TPSA) is 68.0 Å². The number of carbonyl (C=O) groups is 1. The molecular weight excluding hydrogens is 358 g/mol. The molecule has 0 saturated heterocycles. The second-order valence-electron chi connectivity index (χ2n) is 6.08. The smallest absolute Gasteiger partial charge is 0.248 e. The number of carbonyl (C=O) groups excluding carboxylic acids is 1. The van der Waals surface area contributed by atoms with Crippen molar-refractivity contribution in [3.05, 3.63) is 71.1 Å². The van der Waals surface area contributed by atoms with E-state index in [1.54, 1.807) is 17.4 Å². The Balaban J connectivity index is 1.48. The Kier molecular flexibility index (Phi) is 4.56. The molecular formula is C21H17N3O2S. The highest BCUT2D eigenvalue weighted by Crippen LogP contribution is 2.24. The second-order valence-corrected chi connectivity index (χ2v) is 7.15. The molecule has 4 aromatic rings. The van der Waals surface area contributed by atoms with Crippen molar-refractivity contribution in [1.29, 1.82) is 0 Å². The maximum absolute atomic E-state index is 12.2. The third kappa shape index (κ3) is 3.80. The van der Waals surface area contributed by atoms with Gasteiger partial charge in [-0.15, -0.1) is 11.3 Å². The minimum atomic E-state index is -0.217. The molecule has 0 radical (unpaired) electrons. The Labute approximate surface area is 160 Å². The number of hydrogen-bond acceptors (Lipinski definition) is 5. The summed E-state index contributed by atoms with van der Waals surface area (Å²) in [5, 5.41) is 3.66. The molecule has 0 aliphatic carbocycles. The molecule has 0 saturated carbocycles. The first-order valence-corrected chi connectivity index (χ1v) is 9.29. The van der Waals surface area contributed by atoms with Crippen molar-refractivity contribution < 1.29 is 9.21 Å². The Bertz CT molecular complexity index is 1100. The molecule has 134 valence electrons. The van der Waals surface area contributed by atoms with Crippen molar-refractivity contribution in [1.82, 2.24) is 9.97 Å². The molecule has 0 bridgehead atoms. The highest BCUT2D eigenvalue weighted by atomic mass is 32.1. The molecule has 0 spiro atoms. The third-order valence-corrected chi connectivity index (χ3v) is 5.09. The molecule has 0 fully saturated rings.